The third-order valence-electron chi connectivity index (χ3n) is 2.53. The molecule has 1 heterocycles. The van der Waals surface area contributed by atoms with Crippen LogP contribution < -0.4 is 0 Å². The smallest absolute Gasteiger partial charge is 0.256 e. The first-order valence-corrected chi connectivity index (χ1v) is 5.01. The molecule has 0 spiro atoms. The molecule has 0 aliphatic heterocycles. The number of benzene rings is 1. The van der Waals surface area contributed by atoms with Gasteiger partial charge in [0.15, 0.2) is 0 Å². The summed E-state index contributed by atoms with van der Waals surface area (Å²) in [6, 6.07) is 5.21. The maximum atomic E-state index is 12.6. The van der Waals surface area contributed by atoms with Gasteiger partial charge in [-0.1, -0.05) is 12.2 Å². The molecule has 0 atom stereocenters. The lowest BCUT2D eigenvalue weighted by molar-refractivity contribution is -0.137. The largest absolute Gasteiger partial charge is 0.416 e. The molecule has 0 bridgehead atoms. The molecule has 2 rings (SSSR count). The van der Waals surface area contributed by atoms with Gasteiger partial charge in [-0.05, 0) is 36.8 Å². The Morgan fingerprint density at radius 2 is 1.94 bits per heavy atom. The topological polar surface area (TPSA) is 12.9 Å². The number of pyridine rings is 1. The van der Waals surface area contributed by atoms with Crippen LogP contribution in [0.2, 0.25) is 0 Å². The molecule has 4 heteroatoms. The van der Waals surface area contributed by atoms with Crippen molar-refractivity contribution in [3.63, 3.8) is 0 Å². The Morgan fingerprint density at radius 3 is 2.53 bits per heavy atom. The van der Waals surface area contributed by atoms with Crippen molar-refractivity contribution in [3.8, 4) is 0 Å². The van der Waals surface area contributed by atoms with Gasteiger partial charge in [0.1, 0.15) is 0 Å². The molecule has 1 nitrogen and oxygen atoms in total. The molecule has 0 fully saturated rings. The van der Waals surface area contributed by atoms with Gasteiger partial charge in [0.05, 0.1) is 11.1 Å². The van der Waals surface area contributed by atoms with E-state index in [-0.39, 0.29) is 0 Å². The van der Waals surface area contributed by atoms with Crippen molar-refractivity contribution >= 4 is 16.5 Å². The second kappa shape index (κ2) is 3.87. The SMILES string of the molecule is C=C(C)c1ccnc2ccc(C(F)(F)F)cc12. The van der Waals surface area contributed by atoms with E-state index in [1.807, 2.05) is 0 Å². The molecule has 88 valence electrons. The van der Waals surface area contributed by atoms with Crippen LogP contribution in [0.25, 0.3) is 16.5 Å². The van der Waals surface area contributed by atoms with Gasteiger partial charge in [-0.3, -0.25) is 4.98 Å². The minimum absolute atomic E-state index is 0.481. The average Bonchev–Trinajstić information content (AvgIpc) is 2.26. The van der Waals surface area contributed by atoms with Crippen LogP contribution in [0.15, 0.2) is 37.0 Å². The highest BCUT2D eigenvalue weighted by Gasteiger charge is 2.30. The number of fused-ring (bicyclic) bond motifs is 1. The highest BCUT2D eigenvalue weighted by Crippen LogP contribution is 2.32. The first kappa shape index (κ1) is 11.6. The van der Waals surface area contributed by atoms with Crippen LogP contribution in [-0.4, -0.2) is 4.98 Å². The van der Waals surface area contributed by atoms with Gasteiger partial charge < -0.3 is 0 Å². The Hall–Kier alpha value is -1.84. The van der Waals surface area contributed by atoms with E-state index >= 15 is 0 Å². The molecule has 0 saturated carbocycles. The summed E-state index contributed by atoms with van der Waals surface area (Å²) in [6.07, 6.45) is -2.77. The lowest BCUT2D eigenvalue weighted by Gasteiger charge is -2.10. The third kappa shape index (κ3) is 2.16. The van der Waals surface area contributed by atoms with Crippen molar-refractivity contribution in [1.29, 1.82) is 0 Å². The second-order valence-corrected chi connectivity index (χ2v) is 3.87. The highest BCUT2D eigenvalue weighted by atomic mass is 19.4. The molecular weight excluding hydrogens is 227 g/mol. The summed E-state index contributed by atoms with van der Waals surface area (Å²) in [5.74, 6) is 0. The maximum Gasteiger partial charge on any atom is 0.416 e. The third-order valence-corrected chi connectivity index (χ3v) is 2.53. The highest BCUT2D eigenvalue weighted by molar-refractivity contribution is 5.91. The van der Waals surface area contributed by atoms with E-state index in [0.29, 0.717) is 16.5 Å². The second-order valence-electron chi connectivity index (χ2n) is 3.87. The van der Waals surface area contributed by atoms with Crippen LogP contribution in [0.1, 0.15) is 18.1 Å². The van der Waals surface area contributed by atoms with Gasteiger partial charge in [0, 0.05) is 11.6 Å². The molecule has 17 heavy (non-hydrogen) atoms. The normalized spacial score (nSPS) is 11.8. The molecule has 0 amide bonds. The van der Waals surface area contributed by atoms with Crippen LogP contribution in [0.3, 0.4) is 0 Å². The number of halogens is 3. The Balaban J connectivity index is 2.75. The van der Waals surface area contributed by atoms with Gasteiger partial charge in [-0.15, -0.1) is 0 Å². The van der Waals surface area contributed by atoms with Gasteiger partial charge in [-0.25, -0.2) is 0 Å². The average molecular weight is 237 g/mol. The number of alkyl halides is 3. The zero-order valence-electron chi connectivity index (χ0n) is 9.17. The van der Waals surface area contributed by atoms with Crippen LogP contribution in [0.4, 0.5) is 13.2 Å². The predicted octanol–water partition coefficient (Wildman–Crippen LogP) is 4.29. The standard InChI is InChI=1S/C13H10F3N/c1-8(2)10-5-6-17-12-4-3-9(7-11(10)12)13(14,15)16/h3-7H,1H2,2H3. The van der Waals surface area contributed by atoms with Crippen LogP contribution in [-0.2, 0) is 6.18 Å². The van der Waals surface area contributed by atoms with Crippen molar-refractivity contribution in [2.75, 3.05) is 0 Å². The van der Waals surface area contributed by atoms with Crippen molar-refractivity contribution in [2.24, 2.45) is 0 Å². The lowest BCUT2D eigenvalue weighted by atomic mass is 10.0. The number of hydrogen-bond donors (Lipinski definition) is 0. The number of allylic oxidation sites excluding steroid dienone is 1. The minimum Gasteiger partial charge on any atom is -0.256 e. The number of hydrogen-bond acceptors (Lipinski definition) is 1. The van der Waals surface area contributed by atoms with E-state index in [1.54, 1.807) is 19.2 Å². The number of nitrogens with zero attached hydrogens (tertiary/aromatic N) is 1. The summed E-state index contributed by atoms with van der Waals surface area (Å²) in [5, 5.41) is 0.481. The Kier molecular flexibility index (Phi) is 2.65. The monoisotopic (exact) mass is 237 g/mol. The van der Waals surface area contributed by atoms with Gasteiger partial charge in [0.2, 0.25) is 0 Å². The van der Waals surface area contributed by atoms with Gasteiger partial charge in [-0.2, -0.15) is 13.2 Å². The number of aromatic nitrogens is 1. The molecular formula is C13H10F3N. The molecule has 2 aromatic rings. The predicted molar refractivity (Wildman–Crippen MR) is 61.5 cm³/mol. The van der Waals surface area contributed by atoms with E-state index in [2.05, 4.69) is 11.6 Å². The first-order chi connectivity index (χ1) is 7.89. The van der Waals surface area contributed by atoms with Crippen LogP contribution >= 0.6 is 0 Å². The summed E-state index contributed by atoms with van der Waals surface area (Å²) in [6.45, 7) is 5.52. The fourth-order valence-electron chi connectivity index (χ4n) is 1.69. The van der Waals surface area contributed by atoms with E-state index in [0.717, 1.165) is 17.7 Å². The maximum absolute atomic E-state index is 12.6. The zero-order chi connectivity index (χ0) is 12.6. The summed E-state index contributed by atoms with van der Waals surface area (Å²) >= 11 is 0. The molecule has 1 aromatic heterocycles. The van der Waals surface area contributed by atoms with E-state index in [4.69, 9.17) is 0 Å². The Labute approximate surface area is 96.6 Å². The summed E-state index contributed by atoms with van der Waals surface area (Å²) in [7, 11) is 0. The van der Waals surface area contributed by atoms with Crippen molar-refractivity contribution in [2.45, 2.75) is 13.1 Å². The van der Waals surface area contributed by atoms with Crippen molar-refractivity contribution in [1.82, 2.24) is 4.98 Å². The molecule has 0 aliphatic carbocycles. The summed E-state index contributed by atoms with van der Waals surface area (Å²) < 4.78 is 37.8. The van der Waals surface area contributed by atoms with Gasteiger partial charge in [0.25, 0.3) is 0 Å². The first-order valence-electron chi connectivity index (χ1n) is 5.01. The molecule has 0 radical (unpaired) electrons. The number of rotatable bonds is 1. The van der Waals surface area contributed by atoms with Crippen molar-refractivity contribution in [3.05, 3.63) is 48.2 Å². The molecule has 0 saturated heterocycles. The van der Waals surface area contributed by atoms with Crippen LogP contribution in [0, 0.1) is 0 Å². The van der Waals surface area contributed by atoms with Crippen LogP contribution in [0.5, 0.6) is 0 Å². The summed E-state index contributed by atoms with van der Waals surface area (Å²) in [4.78, 5) is 4.04. The van der Waals surface area contributed by atoms with Crippen molar-refractivity contribution < 1.29 is 13.2 Å². The Morgan fingerprint density at radius 1 is 1.24 bits per heavy atom. The zero-order valence-corrected chi connectivity index (χ0v) is 9.17. The van der Waals surface area contributed by atoms with E-state index in [1.165, 1.54) is 6.07 Å². The minimum atomic E-state index is -4.34. The molecule has 0 aliphatic rings. The molecule has 0 unspecified atom stereocenters. The Bertz CT molecular complexity index is 585. The lowest BCUT2D eigenvalue weighted by Crippen LogP contribution is -2.04. The molecule has 1 aromatic carbocycles. The summed E-state index contributed by atoms with van der Waals surface area (Å²) in [5.41, 5.74) is 1.29. The van der Waals surface area contributed by atoms with Gasteiger partial charge >= 0.3 is 6.18 Å². The van der Waals surface area contributed by atoms with E-state index < -0.39 is 11.7 Å². The fourth-order valence-corrected chi connectivity index (χ4v) is 1.69. The molecule has 0 N–H and O–H groups in total. The quantitative estimate of drug-likeness (QED) is 0.721. The van der Waals surface area contributed by atoms with E-state index in [9.17, 15) is 13.2 Å². The fraction of sp³-hybridized carbons (Fsp3) is 0.154.